The highest BCUT2D eigenvalue weighted by Gasteiger charge is 2.68. The van der Waals surface area contributed by atoms with Crippen LogP contribution < -0.4 is 15.4 Å². The van der Waals surface area contributed by atoms with Crippen LogP contribution in [0.25, 0.3) is 22.0 Å². The molecular weight excluding hydrogens is 1090 g/mol. The molecule has 0 radical (unpaired) electrons. The van der Waals surface area contributed by atoms with Crippen molar-refractivity contribution in [1.29, 1.82) is 5.41 Å². The number of nitrogens with zero attached hydrogens (tertiary/aromatic N) is 8. The third-order valence-corrected chi connectivity index (χ3v) is 16.4. The quantitative estimate of drug-likeness (QED) is 0.0527. The average molecular weight is 1140 g/mol. The average Bonchev–Trinajstić information content (AvgIpc) is 3.83. The van der Waals surface area contributed by atoms with Gasteiger partial charge in [-0.2, -0.15) is 49.6 Å². The number of nitrogens with one attached hydrogen (secondary N) is 2. The molecule has 8 rings (SSSR count). The second-order valence-corrected chi connectivity index (χ2v) is 23.9. The van der Waals surface area contributed by atoms with Gasteiger partial charge in [-0.15, -0.1) is 0 Å². The van der Waals surface area contributed by atoms with E-state index in [1.165, 1.54) is 29.7 Å². The number of alkyl halides is 8. The minimum atomic E-state index is -5.23. The van der Waals surface area contributed by atoms with Crippen LogP contribution in [-0.2, 0) is 61.1 Å². The molecule has 408 valence electrons. The Morgan fingerprint density at radius 1 is 0.934 bits per heavy atom. The normalized spacial score (nSPS) is 18.2. The van der Waals surface area contributed by atoms with Crippen molar-refractivity contribution in [1.82, 2.24) is 39.7 Å². The van der Waals surface area contributed by atoms with Crippen LogP contribution in [0.15, 0.2) is 42.5 Å². The lowest BCUT2D eigenvalue weighted by atomic mass is 9.93. The number of halogens is 11. The predicted molar refractivity (Wildman–Crippen MR) is 255 cm³/mol. The first-order valence-corrected chi connectivity index (χ1v) is 26.8. The maximum atomic E-state index is 15.6. The van der Waals surface area contributed by atoms with Crippen LogP contribution in [-0.4, -0.2) is 125 Å². The summed E-state index contributed by atoms with van der Waals surface area (Å²) in [6.45, 7) is -0.888. The van der Waals surface area contributed by atoms with Crippen LogP contribution in [0.2, 0.25) is 5.02 Å². The topological polar surface area (TPSA) is 223 Å². The number of piperazine rings is 1. The van der Waals surface area contributed by atoms with E-state index in [0.717, 1.165) is 36.6 Å². The number of rotatable bonds is 13. The van der Waals surface area contributed by atoms with Gasteiger partial charge in [0, 0.05) is 61.1 Å². The van der Waals surface area contributed by atoms with Crippen LogP contribution >= 0.6 is 11.6 Å². The summed E-state index contributed by atoms with van der Waals surface area (Å²) >= 11 is 6.72. The summed E-state index contributed by atoms with van der Waals surface area (Å²) in [4.78, 5) is 35.9. The number of nitrogens with two attached hydrogens (primary N) is 1. The number of aromatic nitrogens is 5. The van der Waals surface area contributed by atoms with Gasteiger partial charge in [0.15, 0.2) is 27.3 Å². The van der Waals surface area contributed by atoms with E-state index < -0.39 is 155 Å². The van der Waals surface area contributed by atoms with Crippen molar-refractivity contribution in [2.75, 3.05) is 49.5 Å². The number of guanidine groups is 1. The van der Waals surface area contributed by atoms with E-state index in [-0.39, 0.29) is 69.9 Å². The number of anilines is 1. The first-order valence-electron chi connectivity index (χ1n) is 22.7. The summed E-state index contributed by atoms with van der Waals surface area (Å²) in [5.41, 5.74) is -0.233. The number of sulfonamides is 1. The Bertz CT molecular complexity index is 3490. The minimum absolute atomic E-state index is 0.102. The number of benzene rings is 2. The van der Waals surface area contributed by atoms with Crippen LogP contribution in [0, 0.1) is 34.8 Å². The van der Waals surface area contributed by atoms with Gasteiger partial charge in [-0.05, 0) is 74.4 Å². The van der Waals surface area contributed by atoms with Crippen molar-refractivity contribution in [2.24, 2.45) is 11.7 Å². The van der Waals surface area contributed by atoms with Crippen LogP contribution in [0.3, 0.4) is 0 Å². The standard InChI is InChI=1S/C46H44ClF10N11O6S2/c1-43(2,75(3,71)72)10-9-26-5-6-27(28-7-8-31(47)36-38(28)67(22-44(50,51)52)63-41(36)68(76(4,73)74)34(70)21-64-11-13-65(14-12-64)42(58)59)37(60-26)32(17-23-15-24(48)18-25(49)16-23)61-33(69)20-66-40-35(39(62-66)46(55,56)57)29-19-30(29)45(40,53)54/h5-8,15-16,18,29-30,32H,11-14,17,19-22H2,1-4H3,(H3,58,59)(H,61,69)/t29-,30+,32-/m0/s1. The van der Waals surface area contributed by atoms with E-state index in [2.05, 4.69) is 32.3 Å². The highest BCUT2D eigenvalue weighted by molar-refractivity contribution is 7.93. The maximum absolute atomic E-state index is 15.6. The van der Waals surface area contributed by atoms with Gasteiger partial charge in [-0.1, -0.05) is 23.6 Å². The Labute approximate surface area is 431 Å². The van der Waals surface area contributed by atoms with Crippen molar-refractivity contribution >= 4 is 66.0 Å². The fourth-order valence-electron chi connectivity index (χ4n) is 9.26. The van der Waals surface area contributed by atoms with Crippen molar-refractivity contribution in [3.63, 3.8) is 0 Å². The third-order valence-electron chi connectivity index (χ3n) is 13.1. The molecular formula is C46H44ClF10N11O6S2. The van der Waals surface area contributed by atoms with Crippen molar-refractivity contribution in [3.8, 4) is 23.0 Å². The summed E-state index contributed by atoms with van der Waals surface area (Å²) < 4.78 is 199. The van der Waals surface area contributed by atoms with Gasteiger partial charge in [0.25, 0.3) is 11.8 Å². The summed E-state index contributed by atoms with van der Waals surface area (Å²) in [5.74, 6) is -7.37. The lowest BCUT2D eigenvalue weighted by Crippen LogP contribution is -2.53. The fraction of sp³-hybridized carbons (Fsp3) is 0.435. The number of hydrogen-bond acceptors (Lipinski definition) is 11. The first kappa shape index (κ1) is 55.7. The van der Waals surface area contributed by atoms with E-state index in [9.17, 15) is 61.5 Å². The highest BCUT2D eigenvalue weighted by Crippen LogP contribution is 2.68. The van der Waals surface area contributed by atoms with Gasteiger partial charge in [-0.3, -0.25) is 29.3 Å². The SMILES string of the molecule is CC(C)(C#Cc1ccc(-c2ccc(Cl)c3c(N(C(=O)CN4CCN(C(=N)N)CC4)S(C)(=O)=O)nn(CC(F)(F)F)c23)c([C@H](Cc2cc(F)cc(F)c2)NC(=O)Cn2nc(C(F)(F)F)c3c2C(F)(F)[C@@H]2C[C@H]32)n1)S(C)(=O)=O. The first-order chi connectivity index (χ1) is 35.1. The van der Waals surface area contributed by atoms with Gasteiger partial charge < -0.3 is 16.0 Å². The molecule has 3 atom stereocenters. The molecule has 2 amide bonds. The molecule has 0 bridgehead atoms. The summed E-state index contributed by atoms with van der Waals surface area (Å²) in [7, 11) is -8.70. The summed E-state index contributed by atoms with van der Waals surface area (Å²) in [6.07, 6.45) is -9.86. The minimum Gasteiger partial charge on any atom is -0.370 e. The molecule has 76 heavy (non-hydrogen) atoms. The lowest BCUT2D eigenvalue weighted by Gasteiger charge is -2.35. The molecule has 2 aliphatic carbocycles. The predicted octanol–water partition coefficient (Wildman–Crippen LogP) is 6.09. The molecule has 1 saturated heterocycles. The zero-order valence-corrected chi connectivity index (χ0v) is 42.6. The Hall–Kier alpha value is -6.51. The molecule has 0 unspecified atom stereocenters. The Morgan fingerprint density at radius 3 is 2.14 bits per heavy atom. The van der Waals surface area contributed by atoms with Crippen LogP contribution in [0.4, 0.5) is 49.7 Å². The number of carbonyl (C=O) groups excluding carboxylic acids is 2. The van der Waals surface area contributed by atoms with E-state index in [1.807, 2.05) is 0 Å². The van der Waals surface area contributed by atoms with Crippen LogP contribution in [0.5, 0.6) is 0 Å². The fourth-order valence-corrected chi connectivity index (χ4v) is 10.6. The van der Waals surface area contributed by atoms with E-state index in [0.29, 0.717) is 17.0 Å². The van der Waals surface area contributed by atoms with Crippen LogP contribution in [0.1, 0.15) is 66.1 Å². The largest absolute Gasteiger partial charge is 0.435 e. The highest BCUT2D eigenvalue weighted by atomic mass is 35.5. The Balaban J connectivity index is 1.33. The zero-order valence-electron chi connectivity index (χ0n) is 40.2. The number of hydrogen-bond donors (Lipinski definition) is 3. The second kappa shape index (κ2) is 19.5. The zero-order chi connectivity index (χ0) is 56.0. The maximum Gasteiger partial charge on any atom is 0.435 e. The number of sulfone groups is 1. The van der Waals surface area contributed by atoms with Gasteiger partial charge in [0.05, 0.1) is 40.5 Å². The number of amides is 2. The molecule has 4 N–H and O–H groups in total. The summed E-state index contributed by atoms with van der Waals surface area (Å²) in [6, 6.07) is 4.87. The van der Waals surface area contributed by atoms with Gasteiger partial charge in [0.2, 0.25) is 15.9 Å². The Morgan fingerprint density at radius 2 is 1.57 bits per heavy atom. The molecule has 4 heterocycles. The molecule has 2 aromatic carbocycles. The van der Waals surface area contributed by atoms with Crippen molar-refractivity contribution in [2.45, 2.75) is 74.8 Å². The molecule has 17 nitrogen and oxygen atoms in total. The van der Waals surface area contributed by atoms with Gasteiger partial charge >= 0.3 is 12.4 Å². The molecule has 3 aliphatic rings. The van der Waals surface area contributed by atoms with Gasteiger partial charge in [-0.25, -0.2) is 30.6 Å². The summed E-state index contributed by atoms with van der Waals surface area (Å²) in [5, 5.41) is 16.6. The monoisotopic (exact) mass is 1140 g/mol. The smallest absolute Gasteiger partial charge is 0.370 e. The molecule has 2 fully saturated rings. The molecule has 1 saturated carbocycles. The lowest BCUT2D eigenvalue weighted by molar-refractivity contribution is -0.143. The van der Waals surface area contributed by atoms with Crippen molar-refractivity contribution in [3.05, 3.63) is 93.0 Å². The van der Waals surface area contributed by atoms with Crippen molar-refractivity contribution < 1.29 is 70.3 Å². The van der Waals surface area contributed by atoms with E-state index in [1.54, 1.807) is 0 Å². The third kappa shape index (κ3) is 11.2. The number of pyridine rings is 1. The second-order valence-electron chi connectivity index (χ2n) is 19.1. The van der Waals surface area contributed by atoms with E-state index in [4.69, 9.17) is 22.7 Å². The molecule has 3 aromatic heterocycles. The van der Waals surface area contributed by atoms with E-state index >= 15 is 8.78 Å². The molecule has 0 spiro atoms. The molecule has 5 aromatic rings. The molecule has 30 heteroatoms. The van der Waals surface area contributed by atoms with Gasteiger partial charge in [0.1, 0.15) is 40.9 Å². The number of carbonyl (C=O) groups is 2. The Kier molecular flexibility index (Phi) is 14.3. The number of fused-ring (bicyclic) bond motifs is 4. The molecule has 1 aliphatic heterocycles.